The third kappa shape index (κ3) is 2.48. The van der Waals surface area contributed by atoms with Gasteiger partial charge in [-0.05, 0) is 36.1 Å². The second-order valence-electron chi connectivity index (χ2n) is 4.80. The van der Waals surface area contributed by atoms with Crippen LogP contribution in [0.3, 0.4) is 0 Å². The molecule has 106 valence electrons. The van der Waals surface area contributed by atoms with E-state index < -0.39 is 11.9 Å². The largest absolute Gasteiger partial charge is 0.481 e. The predicted octanol–water partition coefficient (Wildman–Crippen LogP) is 3.71. The van der Waals surface area contributed by atoms with Crippen LogP contribution in [-0.4, -0.2) is 11.1 Å². The molecule has 5 heteroatoms. The standard InChI is InChI=1S/C16H12O4S/c1-9(16(18)19)10-2-3-14-12(6-10)13(17)7-15(20-14)11-4-5-21-8-11/h2-9H,1H3,(H,18,19). The fraction of sp³-hybridized carbons (Fsp3) is 0.125. The average Bonchev–Trinajstić information content (AvgIpc) is 3.00. The monoisotopic (exact) mass is 300 g/mol. The van der Waals surface area contributed by atoms with Crippen LogP contribution in [0.1, 0.15) is 18.4 Å². The van der Waals surface area contributed by atoms with Crippen molar-refractivity contribution in [2.75, 3.05) is 0 Å². The predicted molar refractivity (Wildman–Crippen MR) is 81.8 cm³/mol. The fourth-order valence-corrected chi connectivity index (χ4v) is 2.78. The van der Waals surface area contributed by atoms with Gasteiger partial charge in [-0.1, -0.05) is 6.07 Å². The first-order chi connectivity index (χ1) is 10.1. The van der Waals surface area contributed by atoms with Crippen LogP contribution in [0.2, 0.25) is 0 Å². The molecule has 1 aromatic carbocycles. The van der Waals surface area contributed by atoms with Crippen LogP contribution in [0, 0.1) is 0 Å². The van der Waals surface area contributed by atoms with Gasteiger partial charge in [0.05, 0.1) is 11.3 Å². The number of fused-ring (bicyclic) bond motifs is 1. The van der Waals surface area contributed by atoms with Gasteiger partial charge in [-0.2, -0.15) is 11.3 Å². The highest BCUT2D eigenvalue weighted by atomic mass is 32.1. The van der Waals surface area contributed by atoms with Crippen molar-refractivity contribution in [3.8, 4) is 11.3 Å². The summed E-state index contributed by atoms with van der Waals surface area (Å²) in [5.41, 5.74) is 1.74. The lowest BCUT2D eigenvalue weighted by Gasteiger charge is -2.08. The highest BCUT2D eigenvalue weighted by molar-refractivity contribution is 7.08. The number of benzene rings is 1. The summed E-state index contributed by atoms with van der Waals surface area (Å²) >= 11 is 1.53. The minimum absolute atomic E-state index is 0.170. The Kier molecular flexibility index (Phi) is 3.35. The Bertz CT molecular complexity index is 862. The lowest BCUT2D eigenvalue weighted by molar-refractivity contribution is -0.138. The fourth-order valence-electron chi connectivity index (χ4n) is 2.13. The second-order valence-corrected chi connectivity index (χ2v) is 5.58. The van der Waals surface area contributed by atoms with Gasteiger partial charge >= 0.3 is 5.97 Å². The Morgan fingerprint density at radius 3 is 2.76 bits per heavy atom. The molecule has 0 saturated carbocycles. The molecule has 0 radical (unpaired) electrons. The van der Waals surface area contributed by atoms with E-state index in [0.29, 0.717) is 22.3 Å². The maximum Gasteiger partial charge on any atom is 0.310 e. The summed E-state index contributed by atoms with van der Waals surface area (Å²) in [6.07, 6.45) is 0. The zero-order valence-corrected chi connectivity index (χ0v) is 12.0. The molecule has 0 bridgehead atoms. The molecule has 1 unspecified atom stereocenters. The number of carboxylic acids is 1. The summed E-state index contributed by atoms with van der Waals surface area (Å²) in [7, 11) is 0. The molecule has 0 aliphatic rings. The van der Waals surface area contributed by atoms with Gasteiger partial charge in [-0.3, -0.25) is 9.59 Å². The Labute approximate surface area is 124 Å². The van der Waals surface area contributed by atoms with Gasteiger partial charge in [0.2, 0.25) is 0 Å². The Morgan fingerprint density at radius 1 is 1.29 bits per heavy atom. The number of hydrogen-bond donors (Lipinski definition) is 1. The summed E-state index contributed by atoms with van der Waals surface area (Å²) < 4.78 is 5.74. The molecule has 3 rings (SSSR count). The van der Waals surface area contributed by atoms with E-state index in [2.05, 4.69) is 0 Å². The normalized spacial score (nSPS) is 12.4. The minimum atomic E-state index is -0.923. The molecular formula is C16H12O4S. The number of carbonyl (C=O) groups is 1. The van der Waals surface area contributed by atoms with Crippen molar-refractivity contribution in [1.82, 2.24) is 0 Å². The SMILES string of the molecule is CC(C(=O)O)c1ccc2oc(-c3ccsc3)cc(=O)c2c1. The van der Waals surface area contributed by atoms with Gasteiger partial charge in [-0.25, -0.2) is 0 Å². The van der Waals surface area contributed by atoms with Crippen molar-refractivity contribution in [2.24, 2.45) is 0 Å². The van der Waals surface area contributed by atoms with Crippen molar-refractivity contribution in [3.63, 3.8) is 0 Å². The van der Waals surface area contributed by atoms with Crippen molar-refractivity contribution in [2.45, 2.75) is 12.8 Å². The van der Waals surface area contributed by atoms with Crippen LogP contribution in [0.5, 0.6) is 0 Å². The van der Waals surface area contributed by atoms with E-state index in [9.17, 15) is 9.59 Å². The molecule has 0 spiro atoms. The van der Waals surface area contributed by atoms with Gasteiger partial charge in [0.1, 0.15) is 11.3 Å². The van der Waals surface area contributed by atoms with Crippen molar-refractivity contribution < 1.29 is 14.3 Å². The number of hydrogen-bond acceptors (Lipinski definition) is 4. The van der Waals surface area contributed by atoms with Crippen LogP contribution < -0.4 is 5.43 Å². The van der Waals surface area contributed by atoms with Crippen LogP contribution in [-0.2, 0) is 4.79 Å². The molecule has 2 heterocycles. The first-order valence-electron chi connectivity index (χ1n) is 6.39. The third-order valence-corrected chi connectivity index (χ3v) is 4.11. The molecule has 0 fully saturated rings. The number of rotatable bonds is 3. The summed E-state index contributed by atoms with van der Waals surface area (Å²) in [4.78, 5) is 23.3. The van der Waals surface area contributed by atoms with Gasteiger partial charge < -0.3 is 9.52 Å². The molecule has 1 atom stereocenters. The van der Waals surface area contributed by atoms with Gasteiger partial charge in [0.15, 0.2) is 5.43 Å². The molecule has 1 N–H and O–H groups in total. The molecule has 0 amide bonds. The zero-order valence-electron chi connectivity index (χ0n) is 11.2. The molecular weight excluding hydrogens is 288 g/mol. The average molecular weight is 300 g/mol. The van der Waals surface area contributed by atoms with Crippen LogP contribution >= 0.6 is 11.3 Å². The molecule has 21 heavy (non-hydrogen) atoms. The summed E-state index contributed by atoms with van der Waals surface area (Å²) in [6.45, 7) is 1.59. The smallest absolute Gasteiger partial charge is 0.310 e. The zero-order chi connectivity index (χ0) is 15.0. The Hall–Kier alpha value is -2.40. The Balaban J connectivity index is 2.16. The highest BCUT2D eigenvalue weighted by Crippen LogP contribution is 2.26. The Morgan fingerprint density at radius 2 is 2.10 bits per heavy atom. The van der Waals surface area contributed by atoms with Crippen molar-refractivity contribution >= 4 is 28.3 Å². The lowest BCUT2D eigenvalue weighted by atomic mass is 9.99. The van der Waals surface area contributed by atoms with E-state index >= 15 is 0 Å². The first-order valence-corrected chi connectivity index (χ1v) is 7.34. The van der Waals surface area contributed by atoms with E-state index in [-0.39, 0.29) is 5.43 Å². The minimum Gasteiger partial charge on any atom is -0.481 e. The first kappa shape index (κ1) is 13.6. The van der Waals surface area contributed by atoms with Gasteiger partial charge in [-0.15, -0.1) is 0 Å². The number of thiophene rings is 1. The van der Waals surface area contributed by atoms with Crippen molar-refractivity contribution in [3.05, 3.63) is 56.9 Å². The van der Waals surface area contributed by atoms with E-state index in [1.807, 2.05) is 16.8 Å². The lowest BCUT2D eigenvalue weighted by Crippen LogP contribution is -2.08. The van der Waals surface area contributed by atoms with E-state index in [1.54, 1.807) is 25.1 Å². The summed E-state index contributed by atoms with van der Waals surface area (Å²) in [5.74, 6) is -1.06. The maximum atomic E-state index is 12.2. The van der Waals surface area contributed by atoms with Crippen LogP contribution in [0.25, 0.3) is 22.3 Å². The summed E-state index contributed by atoms with van der Waals surface area (Å²) in [5, 5.41) is 13.3. The molecule has 3 aromatic rings. The topological polar surface area (TPSA) is 67.5 Å². The third-order valence-electron chi connectivity index (χ3n) is 3.43. The second kappa shape index (κ2) is 5.18. The van der Waals surface area contributed by atoms with Gasteiger partial charge in [0, 0.05) is 17.0 Å². The molecule has 0 aliphatic heterocycles. The highest BCUT2D eigenvalue weighted by Gasteiger charge is 2.15. The van der Waals surface area contributed by atoms with Gasteiger partial charge in [0.25, 0.3) is 0 Å². The van der Waals surface area contributed by atoms with E-state index in [0.717, 1.165) is 5.56 Å². The van der Waals surface area contributed by atoms with Crippen LogP contribution in [0.4, 0.5) is 0 Å². The number of carboxylic acid groups (broad SMARTS) is 1. The maximum absolute atomic E-state index is 12.2. The van der Waals surface area contributed by atoms with E-state index in [4.69, 9.17) is 9.52 Å². The molecule has 4 nitrogen and oxygen atoms in total. The summed E-state index contributed by atoms with van der Waals surface area (Å²) in [6, 6.07) is 8.26. The van der Waals surface area contributed by atoms with Crippen molar-refractivity contribution in [1.29, 1.82) is 0 Å². The van der Waals surface area contributed by atoms with Crippen LogP contribution in [0.15, 0.2) is 50.3 Å². The molecule has 2 aromatic heterocycles. The van der Waals surface area contributed by atoms with E-state index in [1.165, 1.54) is 17.4 Å². The number of aliphatic carboxylic acids is 1. The quantitative estimate of drug-likeness (QED) is 0.800. The molecule has 0 aliphatic carbocycles. The molecule has 0 saturated heterocycles.